The van der Waals surface area contributed by atoms with Gasteiger partial charge in [-0.3, -0.25) is 4.79 Å². The zero-order valence-corrected chi connectivity index (χ0v) is 14.8. The fourth-order valence-corrected chi connectivity index (χ4v) is 2.78. The number of carbonyl (C=O) groups is 1. The molecule has 0 aliphatic carbocycles. The fourth-order valence-electron chi connectivity index (χ4n) is 2.78. The minimum absolute atomic E-state index is 0.0783. The van der Waals surface area contributed by atoms with E-state index in [0.717, 1.165) is 16.6 Å². The van der Waals surface area contributed by atoms with Crippen LogP contribution in [-0.4, -0.2) is 17.5 Å². The lowest BCUT2D eigenvalue weighted by Gasteiger charge is -2.10. The van der Waals surface area contributed by atoms with Gasteiger partial charge in [0.1, 0.15) is 11.3 Å². The standard InChI is InChI=1S/C22H18N2O3/c1-15-11-12-20-19(13-15)24-22(27-20)17-9-5-6-10-18(17)23-21(25)14-26-16-7-3-2-4-8-16/h2-13H,14H2,1H3,(H,23,25). The third-order valence-electron chi connectivity index (χ3n) is 4.09. The molecule has 5 heteroatoms. The van der Waals surface area contributed by atoms with Crippen molar-refractivity contribution in [2.24, 2.45) is 0 Å². The molecular weight excluding hydrogens is 340 g/mol. The Hall–Kier alpha value is -3.60. The number of fused-ring (bicyclic) bond motifs is 1. The van der Waals surface area contributed by atoms with Crippen molar-refractivity contribution in [3.8, 4) is 17.2 Å². The van der Waals surface area contributed by atoms with Gasteiger partial charge in [0.15, 0.2) is 12.2 Å². The van der Waals surface area contributed by atoms with Crippen LogP contribution in [0.2, 0.25) is 0 Å². The maximum Gasteiger partial charge on any atom is 0.262 e. The molecule has 4 aromatic rings. The minimum atomic E-state index is -0.252. The summed E-state index contributed by atoms with van der Waals surface area (Å²) in [6.07, 6.45) is 0. The van der Waals surface area contributed by atoms with Gasteiger partial charge in [-0.15, -0.1) is 0 Å². The highest BCUT2D eigenvalue weighted by molar-refractivity contribution is 5.96. The predicted molar refractivity (Wildman–Crippen MR) is 105 cm³/mol. The molecular formula is C22H18N2O3. The van der Waals surface area contributed by atoms with Crippen LogP contribution in [0.25, 0.3) is 22.6 Å². The molecule has 0 saturated carbocycles. The number of hydrogen-bond acceptors (Lipinski definition) is 4. The Morgan fingerprint density at radius 3 is 2.67 bits per heavy atom. The second-order valence-corrected chi connectivity index (χ2v) is 6.19. The van der Waals surface area contributed by atoms with Crippen LogP contribution in [0.3, 0.4) is 0 Å². The summed E-state index contributed by atoms with van der Waals surface area (Å²) in [6, 6.07) is 22.5. The van der Waals surface area contributed by atoms with Gasteiger partial charge in [-0.05, 0) is 48.9 Å². The molecule has 0 atom stereocenters. The molecule has 4 rings (SSSR count). The number of benzene rings is 3. The lowest BCUT2D eigenvalue weighted by molar-refractivity contribution is -0.118. The number of carbonyl (C=O) groups excluding carboxylic acids is 1. The Bertz CT molecular complexity index is 1090. The first kappa shape index (κ1) is 16.8. The molecule has 1 amide bonds. The number of aryl methyl sites for hydroxylation is 1. The number of hydrogen-bond donors (Lipinski definition) is 1. The molecule has 0 bridgehead atoms. The Labute approximate surface area is 156 Å². The van der Waals surface area contributed by atoms with Crippen molar-refractivity contribution in [3.63, 3.8) is 0 Å². The van der Waals surface area contributed by atoms with E-state index in [9.17, 15) is 4.79 Å². The Kier molecular flexibility index (Phi) is 4.58. The minimum Gasteiger partial charge on any atom is -0.484 e. The third kappa shape index (κ3) is 3.82. The van der Waals surface area contributed by atoms with Gasteiger partial charge < -0.3 is 14.5 Å². The molecule has 27 heavy (non-hydrogen) atoms. The van der Waals surface area contributed by atoms with Crippen molar-refractivity contribution < 1.29 is 13.9 Å². The van der Waals surface area contributed by atoms with Crippen molar-refractivity contribution in [3.05, 3.63) is 78.4 Å². The largest absolute Gasteiger partial charge is 0.484 e. The molecule has 1 aromatic heterocycles. The van der Waals surface area contributed by atoms with E-state index < -0.39 is 0 Å². The molecule has 134 valence electrons. The van der Waals surface area contributed by atoms with E-state index in [1.807, 2.05) is 79.7 Å². The Morgan fingerprint density at radius 2 is 1.81 bits per heavy atom. The van der Waals surface area contributed by atoms with Crippen LogP contribution in [0, 0.1) is 6.92 Å². The molecule has 0 fully saturated rings. The van der Waals surface area contributed by atoms with E-state index in [4.69, 9.17) is 9.15 Å². The fraction of sp³-hybridized carbons (Fsp3) is 0.0909. The predicted octanol–water partition coefficient (Wildman–Crippen LogP) is 4.82. The number of nitrogens with zero attached hydrogens (tertiary/aromatic N) is 1. The summed E-state index contributed by atoms with van der Waals surface area (Å²) in [6.45, 7) is 1.93. The second kappa shape index (κ2) is 7.33. The summed E-state index contributed by atoms with van der Waals surface area (Å²) < 4.78 is 11.4. The molecule has 0 unspecified atom stereocenters. The smallest absolute Gasteiger partial charge is 0.262 e. The topological polar surface area (TPSA) is 64.4 Å². The lowest BCUT2D eigenvalue weighted by Crippen LogP contribution is -2.20. The maximum atomic E-state index is 12.3. The normalized spacial score (nSPS) is 10.7. The van der Waals surface area contributed by atoms with Gasteiger partial charge >= 0.3 is 0 Å². The number of anilines is 1. The molecule has 0 aliphatic rings. The molecule has 0 aliphatic heterocycles. The third-order valence-corrected chi connectivity index (χ3v) is 4.09. The number of ether oxygens (including phenoxy) is 1. The summed E-state index contributed by atoms with van der Waals surface area (Å²) in [5.74, 6) is 0.865. The summed E-state index contributed by atoms with van der Waals surface area (Å²) in [7, 11) is 0. The number of nitrogens with one attached hydrogen (secondary N) is 1. The van der Waals surface area contributed by atoms with Crippen LogP contribution in [0.5, 0.6) is 5.75 Å². The Balaban J connectivity index is 1.54. The average molecular weight is 358 g/mol. The first-order valence-electron chi connectivity index (χ1n) is 8.63. The van der Waals surface area contributed by atoms with Gasteiger partial charge in [-0.2, -0.15) is 0 Å². The number of oxazole rings is 1. The highest BCUT2D eigenvalue weighted by Crippen LogP contribution is 2.30. The van der Waals surface area contributed by atoms with Gasteiger partial charge in [-0.1, -0.05) is 36.4 Å². The van der Waals surface area contributed by atoms with Crippen LogP contribution >= 0.6 is 0 Å². The van der Waals surface area contributed by atoms with Gasteiger partial charge in [0, 0.05) is 0 Å². The van der Waals surface area contributed by atoms with Crippen molar-refractivity contribution in [1.82, 2.24) is 4.98 Å². The monoisotopic (exact) mass is 358 g/mol. The quantitative estimate of drug-likeness (QED) is 0.555. The summed E-state index contributed by atoms with van der Waals surface area (Å²) in [4.78, 5) is 16.9. The highest BCUT2D eigenvalue weighted by atomic mass is 16.5. The van der Waals surface area contributed by atoms with Crippen molar-refractivity contribution in [1.29, 1.82) is 0 Å². The number of para-hydroxylation sites is 2. The van der Waals surface area contributed by atoms with Crippen LogP contribution in [-0.2, 0) is 4.79 Å². The number of aromatic nitrogens is 1. The number of rotatable bonds is 5. The molecule has 5 nitrogen and oxygen atoms in total. The molecule has 3 aromatic carbocycles. The molecule has 0 radical (unpaired) electrons. The van der Waals surface area contributed by atoms with E-state index in [1.54, 1.807) is 0 Å². The van der Waals surface area contributed by atoms with Crippen LogP contribution in [0.15, 0.2) is 77.2 Å². The van der Waals surface area contributed by atoms with Gasteiger partial charge in [-0.25, -0.2) is 4.98 Å². The van der Waals surface area contributed by atoms with Gasteiger partial charge in [0.2, 0.25) is 5.89 Å². The van der Waals surface area contributed by atoms with Crippen LogP contribution < -0.4 is 10.1 Å². The van der Waals surface area contributed by atoms with Crippen molar-refractivity contribution in [2.45, 2.75) is 6.92 Å². The zero-order chi connectivity index (χ0) is 18.6. The molecule has 0 spiro atoms. The van der Waals surface area contributed by atoms with Crippen LogP contribution in [0.1, 0.15) is 5.56 Å². The SMILES string of the molecule is Cc1ccc2oc(-c3ccccc3NC(=O)COc3ccccc3)nc2c1. The van der Waals surface area contributed by atoms with E-state index in [1.165, 1.54) is 0 Å². The first-order chi connectivity index (χ1) is 13.2. The summed E-state index contributed by atoms with van der Waals surface area (Å²) >= 11 is 0. The molecule has 1 N–H and O–H groups in total. The first-order valence-corrected chi connectivity index (χ1v) is 8.63. The summed E-state index contributed by atoms with van der Waals surface area (Å²) in [5, 5.41) is 2.87. The lowest BCUT2D eigenvalue weighted by atomic mass is 10.1. The van der Waals surface area contributed by atoms with Crippen molar-refractivity contribution in [2.75, 3.05) is 11.9 Å². The number of amides is 1. The summed E-state index contributed by atoms with van der Waals surface area (Å²) in [5.41, 5.74) is 3.96. The van der Waals surface area contributed by atoms with Gasteiger partial charge in [0.25, 0.3) is 5.91 Å². The van der Waals surface area contributed by atoms with E-state index >= 15 is 0 Å². The van der Waals surface area contributed by atoms with Crippen LogP contribution in [0.4, 0.5) is 5.69 Å². The highest BCUT2D eigenvalue weighted by Gasteiger charge is 2.14. The van der Waals surface area contributed by atoms with Crippen molar-refractivity contribution >= 4 is 22.7 Å². The second-order valence-electron chi connectivity index (χ2n) is 6.19. The molecule has 1 heterocycles. The molecule has 0 saturated heterocycles. The van der Waals surface area contributed by atoms with E-state index in [2.05, 4.69) is 10.3 Å². The van der Waals surface area contributed by atoms with Gasteiger partial charge in [0.05, 0.1) is 11.3 Å². The zero-order valence-electron chi connectivity index (χ0n) is 14.8. The van der Waals surface area contributed by atoms with E-state index in [-0.39, 0.29) is 12.5 Å². The maximum absolute atomic E-state index is 12.3. The Morgan fingerprint density at radius 1 is 1.04 bits per heavy atom. The average Bonchev–Trinajstić information content (AvgIpc) is 3.10. The van der Waals surface area contributed by atoms with E-state index in [0.29, 0.717) is 22.9 Å².